The Balaban J connectivity index is 1.49. The molecule has 0 amide bonds. The Hall–Kier alpha value is -1.96. The van der Waals surface area contributed by atoms with Crippen LogP contribution in [0.1, 0.15) is 47.2 Å². The zero-order valence-electron chi connectivity index (χ0n) is 17.4. The molecule has 0 N–H and O–H groups in total. The summed E-state index contributed by atoms with van der Waals surface area (Å²) < 4.78 is 6.99. The molecule has 4 rings (SSSR count). The molecule has 1 aliphatic carbocycles. The first-order valence-corrected chi connectivity index (χ1v) is 10.7. The van der Waals surface area contributed by atoms with Gasteiger partial charge >= 0.3 is 0 Å². The van der Waals surface area contributed by atoms with Gasteiger partial charge in [0.25, 0.3) is 0 Å². The number of aromatic nitrogens is 5. The lowest BCUT2D eigenvalue weighted by Crippen LogP contribution is -2.23. The maximum atomic E-state index is 6.33. The highest BCUT2D eigenvalue weighted by Gasteiger charge is 2.27. The van der Waals surface area contributed by atoms with E-state index >= 15 is 0 Å². The molecule has 2 heterocycles. The number of aryl methyl sites for hydroxylation is 2. The van der Waals surface area contributed by atoms with Crippen LogP contribution in [0.15, 0.2) is 24.3 Å². The highest BCUT2D eigenvalue weighted by atomic mass is 35.5. The van der Waals surface area contributed by atoms with Gasteiger partial charge in [-0.25, -0.2) is 4.68 Å². The molecule has 0 spiro atoms. The highest BCUT2D eigenvalue weighted by Crippen LogP contribution is 2.36. The van der Waals surface area contributed by atoms with E-state index in [9.17, 15) is 0 Å². The molecular formula is C21H27ClN6S. The maximum Gasteiger partial charge on any atom is 0.199 e. The van der Waals surface area contributed by atoms with E-state index in [-0.39, 0.29) is 0 Å². The lowest BCUT2D eigenvalue weighted by Gasteiger charge is -2.17. The monoisotopic (exact) mass is 430 g/mol. The van der Waals surface area contributed by atoms with Gasteiger partial charge in [0.2, 0.25) is 0 Å². The van der Waals surface area contributed by atoms with E-state index in [1.807, 2.05) is 40.6 Å². The van der Waals surface area contributed by atoms with Crippen LogP contribution in [-0.2, 0) is 19.8 Å². The molecule has 1 aromatic carbocycles. The number of rotatable bonds is 7. The first kappa shape index (κ1) is 20.3. The first-order valence-electron chi connectivity index (χ1n) is 9.96. The summed E-state index contributed by atoms with van der Waals surface area (Å²) in [5, 5.41) is 10.2. The van der Waals surface area contributed by atoms with Crippen LogP contribution >= 0.6 is 23.8 Å². The maximum absolute atomic E-state index is 6.33. The van der Waals surface area contributed by atoms with Crippen LogP contribution in [0, 0.1) is 25.5 Å². The molecule has 1 saturated carbocycles. The van der Waals surface area contributed by atoms with Crippen LogP contribution in [0.5, 0.6) is 0 Å². The lowest BCUT2D eigenvalue weighted by molar-refractivity contribution is 0.242. The summed E-state index contributed by atoms with van der Waals surface area (Å²) in [4.78, 5) is 2.23. The zero-order chi connectivity index (χ0) is 20.7. The van der Waals surface area contributed by atoms with Crippen LogP contribution in [0.25, 0.3) is 0 Å². The normalized spacial score (nSPS) is 14.1. The predicted molar refractivity (Wildman–Crippen MR) is 118 cm³/mol. The summed E-state index contributed by atoms with van der Waals surface area (Å²) in [6, 6.07) is 8.47. The van der Waals surface area contributed by atoms with Gasteiger partial charge in [-0.1, -0.05) is 29.8 Å². The number of hydrogen-bond acceptors (Lipinski definition) is 4. The third kappa shape index (κ3) is 4.17. The Morgan fingerprint density at radius 3 is 2.55 bits per heavy atom. The third-order valence-corrected chi connectivity index (χ3v) is 6.34. The highest BCUT2D eigenvalue weighted by molar-refractivity contribution is 7.71. The van der Waals surface area contributed by atoms with E-state index in [0.29, 0.717) is 19.3 Å². The van der Waals surface area contributed by atoms with Crippen molar-refractivity contribution in [1.29, 1.82) is 0 Å². The Bertz CT molecular complexity index is 1090. The topological polar surface area (TPSA) is 43.8 Å². The van der Waals surface area contributed by atoms with Crippen molar-refractivity contribution >= 4 is 23.8 Å². The fraction of sp³-hybridized carbons (Fsp3) is 0.476. The van der Waals surface area contributed by atoms with E-state index in [1.54, 1.807) is 0 Å². The fourth-order valence-electron chi connectivity index (χ4n) is 3.83. The van der Waals surface area contributed by atoms with Gasteiger partial charge in [-0.15, -0.1) is 0 Å². The van der Waals surface area contributed by atoms with Gasteiger partial charge in [-0.2, -0.15) is 10.2 Å². The molecule has 2 aromatic heterocycles. The molecule has 29 heavy (non-hydrogen) atoms. The van der Waals surface area contributed by atoms with Crippen LogP contribution in [0.2, 0.25) is 5.02 Å². The van der Waals surface area contributed by atoms with Crippen LogP contribution < -0.4 is 0 Å². The molecule has 0 saturated heterocycles. The standard InChI is InChI=1S/C21H27ClN6S/c1-14-19(15(2)26(23-14)11-17-7-5-6-8-20(17)22)12-25(4)13-27-21(29)28(16(3)24-27)18-9-10-18/h5-8,18H,9-13H2,1-4H3. The molecule has 0 atom stereocenters. The Kier molecular flexibility index (Phi) is 5.64. The summed E-state index contributed by atoms with van der Waals surface area (Å²) in [5.74, 6) is 1.01. The lowest BCUT2D eigenvalue weighted by atomic mass is 10.2. The first-order chi connectivity index (χ1) is 13.8. The summed E-state index contributed by atoms with van der Waals surface area (Å²) >= 11 is 12.0. The summed E-state index contributed by atoms with van der Waals surface area (Å²) in [6.07, 6.45) is 2.42. The minimum Gasteiger partial charge on any atom is -0.301 e. The quantitative estimate of drug-likeness (QED) is 0.511. The second-order valence-electron chi connectivity index (χ2n) is 7.98. The van der Waals surface area contributed by atoms with E-state index in [2.05, 4.69) is 35.5 Å². The van der Waals surface area contributed by atoms with Crippen molar-refractivity contribution < 1.29 is 0 Å². The van der Waals surface area contributed by atoms with Gasteiger partial charge < -0.3 is 4.57 Å². The molecule has 0 aliphatic heterocycles. The van der Waals surface area contributed by atoms with Crippen molar-refractivity contribution in [3.8, 4) is 0 Å². The molecule has 3 aromatic rings. The third-order valence-electron chi connectivity index (χ3n) is 5.57. The second kappa shape index (κ2) is 8.05. The summed E-state index contributed by atoms with van der Waals surface area (Å²) in [5.41, 5.74) is 4.53. The zero-order valence-corrected chi connectivity index (χ0v) is 19.0. The molecule has 1 aliphatic rings. The van der Waals surface area contributed by atoms with Crippen molar-refractivity contribution in [3.05, 3.63) is 62.4 Å². The van der Waals surface area contributed by atoms with Gasteiger partial charge in [-0.05, 0) is 64.5 Å². The van der Waals surface area contributed by atoms with E-state index in [4.69, 9.17) is 28.9 Å². The molecular weight excluding hydrogens is 404 g/mol. The average Bonchev–Trinajstić information content (AvgIpc) is 3.42. The Morgan fingerprint density at radius 2 is 1.86 bits per heavy atom. The van der Waals surface area contributed by atoms with Crippen molar-refractivity contribution in [2.45, 2.75) is 59.4 Å². The van der Waals surface area contributed by atoms with Crippen molar-refractivity contribution in [2.75, 3.05) is 7.05 Å². The SMILES string of the molecule is Cc1nn(Cc2ccccc2Cl)c(C)c1CN(C)Cn1nc(C)n(C2CC2)c1=S. The smallest absolute Gasteiger partial charge is 0.199 e. The van der Waals surface area contributed by atoms with Gasteiger partial charge in [-0.3, -0.25) is 9.58 Å². The van der Waals surface area contributed by atoms with Crippen molar-refractivity contribution in [3.63, 3.8) is 0 Å². The fourth-order valence-corrected chi connectivity index (χ4v) is 4.40. The Morgan fingerprint density at radius 1 is 1.14 bits per heavy atom. The van der Waals surface area contributed by atoms with Gasteiger partial charge in [0.15, 0.2) is 4.77 Å². The molecule has 0 bridgehead atoms. The summed E-state index contributed by atoms with van der Waals surface area (Å²) in [6.45, 7) is 8.35. The molecule has 0 radical (unpaired) electrons. The number of hydrogen-bond donors (Lipinski definition) is 0. The number of benzene rings is 1. The molecule has 6 nitrogen and oxygen atoms in total. The average molecular weight is 431 g/mol. The van der Waals surface area contributed by atoms with Crippen molar-refractivity contribution in [2.24, 2.45) is 0 Å². The van der Waals surface area contributed by atoms with Gasteiger partial charge in [0, 0.05) is 28.9 Å². The number of nitrogens with zero attached hydrogens (tertiary/aromatic N) is 6. The largest absolute Gasteiger partial charge is 0.301 e. The van der Waals surface area contributed by atoms with E-state index in [1.165, 1.54) is 18.4 Å². The molecule has 154 valence electrons. The molecule has 1 fully saturated rings. The van der Waals surface area contributed by atoms with Gasteiger partial charge in [0.05, 0.1) is 18.9 Å². The molecule has 8 heteroatoms. The van der Waals surface area contributed by atoms with Crippen molar-refractivity contribution in [1.82, 2.24) is 29.0 Å². The second-order valence-corrected chi connectivity index (χ2v) is 8.76. The van der Waals surface area contributed by atoms with Gasteiger partial charge in [0.1, 0.15) is 5.82 Å². The summed E-state index contributed by atoms with van der Waals surface area (Å²) in [7, 11) is 2.09. The van der Waals surface area contributed by atoms with E-state index in [0.717, 1.165) is 39.1 Å². The predicted octanol–water partition coefficient (Wildman–Crippen LogP) is 4.66. The minimum atomic E-state index is 0.550. The van der Waals surface area contributed by atoms with Crippen LogP contribution in [0.3, 0.4) is 0 Å². The minimum absolute atomic E-state index is 0.550. The Labute approximate surface area is 181 Å². The number of halogens is 1. The van der Waals surface area contributed by atoms with E-state index < -0.39 is 0 Å². The van der Waals surface area contributed by atoms with Crippen LogP contribution in [0.4, 0.5) is 0 Å². The van der Waals surface area contributed by atoms with Crippen LogP contribution in [-0.4, -0.2) is 36.1 Å². The molecule has 0 unspecified atom stereocenters.